The molecule has 27 heavy (non-hydrogen) atoms. The van der Waals surface area contributed by atoms with Crippen LogP contribution in [0.25, 0.3) is 5.69 Å². The molecule has 0 bridgehead atoms. The van der Waals surface area contributed by atoms with Gasteiger partial charge in [-0.1, -0.05) is 17.7 Å². The zero-order valence-corrected chi connectivity index (χ0v) is 17.2. The Morgan fingerprint density at radius 1 is 1.41 bits per heavy atom. The first-order chi connectivity index (χ1) is 12.5. The average Bonchev–Trinajstić information content (AvgIpc) is 3.02. The average molecular weight is 413 g/mol. The minimum atomic E-state index is -0.107. The first-order valence-electron chi connectivity index (χ1n) is 8.83. The van der Waals surface area contributed by atoms with E-state index in [1.807, 2.05) is 31.2 Å². The number of methoxy groups -OCH3 is 1. The summed E-state index contributed by atoms with van der Waals surface area (Å²) in [6.07, 6.45) is 3.58. The van der Waals surface area contributed by atoms with Gasteiger partial charge in [-0.05, 0) is 51.1 Å². The number of nitrogens with one attached hydrogen (secondary N) is 2. The minimum absolute atomic E-state index is 0. The number of carbonyl (C=O) groups is 1. The molecular formula is C19H26Cl2N4O2. The monoisotopic (exact) mass is 412 g/mol. The number of aromatic nitrogens is 2. The van der Waals surface area contributed by atoms with Gasteiger partial charge in [-0.25, -0.2) is 4.68 Å². The summed E-state index contributed by atoms with van der Waals surface area (Å²) in [6, 6.07) is 7.41. The second-order valence-electron chi connectivity index (χ2n) is 6.90. The van der Waals surface area contributed by atoms with E-state index in [-0.39, 0.29) is 23.7 Å². The maximum atomic E-state index is 12.7. The van der Waals surface area contributed by atoms with Crippen LogP contribution >= 0.6 is 24.0 Å². The smallest absolute Gasteiger partial charge is 0.254 e. The molecule has 0 spiro atoms. The van der Waals surface area contributed by atoms with Crippen LogP contribution < -0.4 is 10.6 Å². The summed E-state index contributed by atoms with van der Waals surface area (Å²) in [4.78, 5) is 12.7. The van der Waals surface area contributed by atoms with Crippen LogP contribution in [0, 0.1) is 12.3 Å². The third-order valence-electron chi connectivity index (χ3n) is 5.05. The summed E-state index contributed by atoms with van der Waals surface area (Å²) in [5.41, 5.74) is 2.19. The number of piperidine rings is 1. The molecule has 0 radical (unpaired) electrons. The van der Waals surface area contributed by atoms with Crippen molar-refractivity contribution in [2.24, 2.45) is 5.41 Å². The Morgan fingerprint density at radius 3 is 2.81 bits per heavy atom. The molecule has 0 aliphatic carbocycles. The van der Waals surface area contributed by atoms with Crippen LogP contribution in [-0.4, -0.2) is 49.0 Å². The zero-order valence-electron chi connectivity index (χ0n) is 15.6. The van der Waals surface area contributed by atoms with E-state index in [0.717, 1.165) is 37.3 Å². The molecule has 2 heterocycles. The number of carbonyl (C=O) groups excluding carboxylic acids is 1. The van der Waals surface area contributed by atoms with Crippen molar-refractivity contribution in [1.82, 2.24) is 20.4 Å². The highest BCUT2D eigenvalue weighted by molar-refractivity contribution is 6.30. The van der Waals surface area contributed by atoms with Crippen molar-refractivity contribution in [2.45, 2.75) is 19.8 Å². The van der Waals surface area contributed by atoms with Gasteiger partial charge in [0.25, 0.3) is 5.91 Å². The van der Waals surface area contributed by atoms with Crippen molar-refractivity contribution >= 4 is 29.9 Å². The Bertz CT molecular complexity index is 767. The predicted octanol–water partition coefficient (Wildman–Crippen LogP) is 3.00. The number of rotatable bonds is 6. The fraction of sp³-hybridized carbons (Fsp3) is 0.474. The first-order valence-corrected chi connectivity index (χ1v) is 9.21. The molecule has 6 nitrogen and oxygen atoms in total. The molecule has 1 amide bonds. The first kappa shape index (κ1) is 21.7. The van der Waals surface area contributed by atoms with Gasteiger partial charge in [-0.15, -0.1) is 12.4 Å². The van der Waals surface area contributed by atoms with Gasteiger partial charge >= 0.3 is 0 Å². The lowest BCUT2D eigenvalue weighted by Gasteiger charge is -2.37. The summed E-state index contributed by atoms with van der Waals surface area (Å²) in [7, 11) is 1.71. The number of halogens is 2. The van der Waals surface area contributed by atoms with Crippen LogP contribution in [0.15, 0.2) is 30.5 Å². The fourth-order valence-corrected chi connectivity index (χ4v) is 3.68. The molecule has 0 saturated carbocycles. The molecule has 2 N–H and O–H groups in total. The molecule has 8 heteroatoms. The molecule has 0 atom stereocenters. The van der Waals surface area contributed by atoms with Crippen LogP contribution in [-0.2, 0) is 4.74 Å². The van der Waals surface area contributed by atoms with Crippen LogP contribution in [0.5, 0.6) is 0 Å². The Labute approximate surface area is 171 Å². The third-order valence-corrected chi connectivity index (χ3v) is 5.28. The second-order valence-corrected chi connectivity index (χ2v) is 7.34. The number of ether oxygens (including phenoxy) is 1. The van der Waals surface area contributed by atoms with E-state index in [2.05, 4.69) is 15.7 Å². The molecule has 3 rings (SSSR count). The van der Waals surface area contributed by atoms with Gasteiger partial charge in [0, 0.05) is 24.1 Å². The summed E-state index contributed by atoms with van der Waals surface area (Å²) < 4.78 is 7.14. The Kier molecular flexibility index (Phi) is 7.68. The molecule has 0 unspecified atom stereocenters. The van der Waals surface area contributed by atoms with Gasteiger partial charge in [-0.3, -0.25) is 4.79 Å². The fourth-order valence-electron chi connectivity index (χ4n) is 3.50. The lowest BCUT2D eigenvalue weighted by Crippen LogP contribution is -2.47. The zero-order chi connectivity index (χ0) is 18.6. The molecule has 148 valence electrons. The highest BCUT2D eigenvalue weighted by Crippen LogP contribution is 2.28. The molecule has 1 fully saturated rings. The van der Waals surface area contributed by atoms with Gasteiger partial charge in [0.1, 0.15) is 0 Å². The highest BCUT2D eigenvalue weighted by Gasteiger charge is 2.32. The van der Waals surface area contributed by atoms with E-state index >= 15 is 0 Å². The standard InChI is InChI=1S/C19H25ClN4O2.ClH/c1-14-17(11-23-24(14)16-5-3-4-15(20)10-16)18(25)22-12-19(13-26-2)6-8-21-9-7-19;/h3-5,10-11,21H,6-9,12-13H2,1-2H3,(H,22,25);1H. The lowest BCUT2D eigenvalue weighted by atomic mass is 9.79. The van der Waals surface area contributed by atoms with Gasteiger partial charge in [0.15, 0.2) is 0 Å². The largest absolute Gasteiger partial charge is 0.384 e. The molecule has 1 saturated heterocycles. The van der Waals surface area contributed by atoms with E-state index < -0.39 is 0 Å². The number of hydrogen-bond acceptors (Lipinski definition) is 4. The molecular weight excluding hydrogens is 387 g/mol. The summed E-state index contributed by atoms with van der Waals surface area (Å²) in [6.45, 7) is 5.03. The van der Waals surface area contributed by atoms with Gasteiger partial charge in [0.05, 0.1) is 29.7 Å². The van der Waals surface area contributed by atoms with Gasteiger partial charge in [-0.2, -0.15) is 5.10 Å². The number of amides is 1. The van der Waals surface area contributed by atoms with E-state index in [0.29, 0.717) is 23.7 Å². The normalized spacial score (nSPS) is 15.8. The minimum Gasteiger partial charge on any atom is -0.384 e. The quantitative estimate of drug-likeness (QED) is 0.764. The molecule has 1 aromatic heterocycles. The summed E-state index contributed by atoms with van der Waals surface area (Å²) in [5.74, 6) is -0.107. The number of benzene rings is 1. The maximum Gasteiger partial charge on any atom is 0.254 e. The van der Waals surface area contributed by atoms with E-state index in [4.69, 9.17) is 16.3 Å². The van der Waals surface area contributed by atoms with Crippen molar-refractivity contribution < 1.29 is 9.53 Å². The molecule has 1 aliphatic heterocycles. The van der Waals surface area contributed by atoms with Crippen LogP contribution in [0.4, 0.5) is 0 Å². The number of nitrogens with zero attached hydrogens (tertiary/aromatic N) is 2. The molecule has 2 aromatic rings. The Balaban J connectivity index is 0.00000261. The van der Waals surface area contributed by atoms with Crippen molar-refractivity contribution in [1.29, 1.82) is 0 Å². The van der Waals surface area contributed by atoms with Crippen molar-refractivity contribution in [2.75, 3.05) is 33.4 Å². The summed E-state index contributed by atoms with van der Waals surface area (Å²) in [5, 5.41) is 11.4. The Morgan fingerprint density at radius 2 is 2.15 bits per heavy atom. The molecule has 1 aliphatic rings. The number of hydrogen-bond donors (Lipinski definition) is 2. The van der Waals surface area contributed by atoms with Crippen LogP contribution in [0.2, 0.25) is 5.02 Å². The predicted molar refractivity (Wildman–Crippen MR) is 109 cm³/mol. The molecule has 1 aromatic carbocycles. The lowest BCUT2D eigenvalue weighted by molar-refractivity contribution is 0.0511. The van der Waals surface area contributed by atoms with E-state index in [1.165, 1.54) is 0 Å². The Hall–Kier alpha value is -1.60. The second kappa shape index (κ2) is 9.55. The SMILES string of the molecule is COCC1(CNC(=O)c2cnn(-c3cccc(Cl)c3)c2C)CCNCC1.Cl. The third kappa shape index (κ3) is 5.02. The van der Waals surface area contributed by atoms with E-state index in [1.54, 1.807) is 18.0 Å². The topological polar surface area (TPSA) is 68.2 Å². The van der Waals surface area contributed by atoms with Crippen molar-refractivity contribution in [3.63, 3.8) is 0 Å². The maximum absolute atomic E-state index is 12.7. The van der Waals surface area contributed by atoms with Crippen LogP contribution in [0.3, 0.4) is 0 Å². The highest BCUT2D eigenvalue weighted by atomic mass is 35.5. The van der Waals surface area contributed by atoms with Gasteiger partial charge in [0.2, 0.25) is 0 Å². The van der Waals surface area contributed by atoms with Crippen molar-refractivity contribution in [3.8, 4) is 5.69 Å². The van der Waals surface area contributed by atoms with Crippen molar-refractivity contribution in [3.05, 3.63) is 46.7 Å². The van der Waals surface area contributed by atoms with Gasteiger partial charge < -0.3 is 15.4 Å². The van der Waals surface area contributed by atoms with Crippen LogP contribution in [0.1, 0.15) is 28.9 Å². The summed E-state index contributed by atoms with van der Waals surface area (Å²) >= 11 is 6.06. The van der Waals surface area contributed by atoms with E-state index in [9.17, 15) is 4.79 Å².